The molecule has 0 aromatic carbocycles. The molecule has 1 saturated heterocycles. The van der Waals surface area contributed by atoms with Crippen molar-refractivity contribution in [3.05, 3.63) is 0 Å². The Balaban J connectivity index is 1.97. The van der Waals surface area contributed by atoms with Crippen LogP contribution >= 0.6 is 0 Å². The van der Waals surface area contributed by atoms with Crippen molar-refractivity contribution >= 4 is 7.12 Å². The van der Waals surface area contributed by atoms with Crippen LogP contribution in [0, 0.1) is 0 Å². The maximum atomic E-state index is 12.9. The SMILES string of the molecule is NC(CCCCB(O)O)CCN1CCC(F)CC1. The molecule has 4 N–H and O–H groups in total. The lowest BCUT2D eigenvalue weighted by Crippen LogP contribution is -2.37. The number of rotatable bonds is 8. The fraction of sp³-hybridized carbons (Fsp3) is 1.00. The van der Waals surface area contributed by atoms with Crippen LogP contribution in [0.1, 0.15) is 38.5 Å². The third kappa shape index (κ3) is 7.31. The van der Waals surface area contributed by atoms with Crippen molar-refractivity contribution in [1.29, 1.82) is 0 Å². The van der Waals surface area contributed by atoms with E-state index in [-0.39, 0.29) is 6.04 Å². The Morgan fingerprint density at radius 2 is 1.89 bits per heavy atom. The topological polar surface area (TPSA) is 69.7 Å². The van der Waals surface area contributed by atoms with Crippen LogP contribution in [0.3, 0.4) is 0 Å². The van der Waals surface area contributed by atoms with Gasteiger partial charge in [0.15, 0.2) is 0 Å². The molecule has 4 nitrogen and oxygen atoms in total. The van der Waals surface area contributed by atoms with Crippen LogP contribution < -0.4 is 5.73 Å². The van der Waals surface area contributed by atoms with Crippen LogP contribution in [0.15, 0.2) is 0 Å². The Morgan fingerprint density at radius 3 is 2.50 bits per heavy atom. The smallest absolute Gasteiger partial charge is 0.427 e. The van der Waals surface area contributed by atoms with Gasteiger partial charge in [-0.3, -0.25) is 0 Å². The number of piperidine rings is 1. The van der Waals surface area contributed by atoms with Gasteiger partial charge in [0.05, 0.1) is 0 Å². The molecule has 0 aromatic rings. The highest BCUT2D eigenvalue weighted by atomic mass is 19.1. The lowest BCUT2D eigenvalue weighted by molar-refractivity contribution is 0.147. The van der Waals surface area contributed by atoms with E-state index in [2.05, 4.69) is 4.90 Å². The van der Waals surface area contributed by atoms with Gasteiger partial charge in [0.1, 0.15) is 6.17 Å². The second-order valence-electron chi connectivity index (χ2n) is 5.33. The molecule has 0 aromatic heterocycles. The van der Waals surface area contributed by atoms with E-state index in [4.69, 9.17) is 15.8 Å². The second kappa shape index (κ2) is 8.85. The summed E-state index contributed by atoms with van der Waals surface area (Å²) in [6.07, 6.45) is 4.73. The summed E-state index contributed by atoms with van der Waals surface area (Å²) in [5.41, 5.74) is 6.01. The summed E-state index contributed by atoms with van der Waals surface area (Å²) in [6.45, 7) is 2.66. The monoisotopic (exact) mass is 260 g/mol. The lowest BCUT2D eigenvalue weighted by Gasteiger charge is -2.29. The molecule has 1 rings (SSSR count). The van der Waals surface area contributed by atoms with Crippen molar-refractivity contribution in [3.8, 4) is 0 Å². The Bertz CT molecular complexity index is 214. The van der Waals surface area contributed by atoms with E-state index in [9.17, 15) is 4.39 Å². The summed E-state index contributed by atoms with van der Waals surface area (Å²) in [7, 11) is -1.19. The first-order valence-corrected chi connectivity index (χ1v) is 7.06. The van der Waals surface area contributed by atoms with Gasteiger partial charge >= 0.3 is 7.12 Å². The van der Waals surface area contributed by atoms with E-state index in [1.807, 2.05) is 0 Å². The zero-order valence-electron chi connectivity index (χ0n) is 11.1. The van der Waals surface area contributed by atoms with Crippen molar-refractivity contribution < 1.29 is 14.4 Å². The largest absolute Gasteiger partial charge is 0.451 e. The number of alkyl halides is 1. The van der Waals surface area contributed by atoms with Crippen molar-refractivity contribution in [2.45, 2.75) is 57.1 Å². The molecule has 1 aliphatic heterocycles. The van der Waals surface area contributed by atoms with Crippen molar-refractivity contribution in [2.75, 3.05) is 19.6 Å². The summed E-state index contributed by atoms with van der Waals surface area (Å²) in [6, 6.07) is 0.170. The number of halogens is 1. The third-order valence-corrected chi connectivity index (χ3v) is 3.62. The fourth-order valence-electron chi connectivity index (χ4n) is 2.35. The predicted molar refractivity (Wildman–Crippen MR) is 72.0 cm³/mol. The lowest BCUT2D eigenvalue weighted by atomic mass is 9.83. The highest BCUT2D eigenvalue weighted by molar-refractivity contribution is 6.40. The zero-order chi connectivity index (χ0) is 13.4. The molecule has 6 heteroatoms. The summed E-state index contributed by atoms with van der Waals surface area (Å²) >= 11 is 0. The van der Waals surface area contributed by atoms with Crippen LogP contribution in [-0.4, -0.2) is 53.9 Å². The minimum absolute atomic E-state index is 0.170. The minimum Gasteiger partial charge on any atom is -0.427 e. The first kappa shape index (κ1) is 15.9. The molecule has 0 saturated carbocycles. The maximum absolute atomic E-state index is 12.9. The zero-order valence-corrected chi connectivity index (χ0v) is 11.1. The highest BCUT2D eigenvalue weighted by Crippen LogP contribution is 2.14. The summed E-state index contributed by atoms with van der Waals surface area (Å²) in [4.78, 5) is 2.29. The van der Waals surface area contributed by atoms with Crippen LogP contribution in [0.2, 0.25) is 6.32 Å². The standard InChI is InChI=1S/C12H26BFN2O2/c14-11-4-8-16(9-5-11)10-6-12(15)3-1-2-7-13(17)18/h11-12,17-18H,1-10,15H2. The third-order valence-electron chi connectivity index (χ3n) is 3.62. The van der Waals surface area contributed by atoms with Crippen LogP contribution in [0.25, 0.3) is 0 Å². The molecule has 18 heavy (non-hydrogen) atoms. The van der Waals surface area contributed by atoms with E-state index in [0.29, 0.717) is 19.2 Å². The van der Waals surface area contributed by atoms with E-state index >= 15 is 0 Å². The molecular formula is C12H26BFN2O2. The van der Waals surface area contributed by atoms with Gasteiger partial charge in [0.25, 0.3) is 0 Å². The van der Waals surface area contributed by atoms with Gasteiger partial charge in [-0.1, -0.05) is 12.8 Å². The van der Waals surface area contributed by atoms with Gasteiger partial charge in [0.2, 0.25) is 0 Å². The maximum Gasteiger partial charge on any atom is 0.451 e. The molecular weight excluding hydrogens is 234 g/mol. The van der Waals surface area contributed by atoms with Gasteiger partial charge in [-0.25, -0.2) is 4.39 Å². The molecule has 1 aliphatic rings. The first-order chi connectivity index (χ1) is 8.58. The predicted octanol–water partition coefficient (Wildman–Crippen LogP) is 0.781. The van der Waals surface area contributed by atoms with E-state index in [1.54, 1.807) is 0 Å². The molecule has 0 aliphatic carbocycles. The number of hydrogen-bond acceptors (Lipinski definition) is 4. The highest BCUT2D eigenvalue weighted by Gasteiger charge is 2.18. The number of hydrogen-bond donors (Lipinski definition) is 3. The van der Waals surface area contributed by atoms with Crippen molar-refractivity contribution in [3.63, 3.8) is 0 Å². The van der Waals surface area contributed by atoms with Gasteiger partial charge < -0.3 is 20.7 Å². The van der Waals surface area contributed by atoms with Crippen LogP contribution in [-0.2, 0) is 0 Å². The van der Waals surface area contributed by atoms with Gasteiger partial charge in [0, 0.05) is 19.1 Å². The molecule has 0 bridgehead atoms. The minimum atomic E-state index is -1.19. The average Bonchev–Trinajstić information content (AvgIpc) is 2.34. The normalized spacial score (nSPS) is 20.0. The first-order valence-electron chi connectivity index (χ1n) is 7.06. The average molecular weight is 260 g/mol. The Hall–Kier alpha value is -0.165. The molecule has 1 unspecified atom stereocenters. The van der Waals surface area contributed by atoms with E-state index in [0.717, 1.165) is 45.3 Å². The van der Waals surface area contributed by atoms with Crippen LogP contribution in [0.5, 0.6) is 0 Å². The molecule has 1 atom stereocenters. The molecule has 0 spiro atoms. The Morgan fingerprint density at radius 1 is 1.22 bits per heavy atom. The Kier molecular flexibility index (Phi) is 7.82. The summed E-state index contributed by atoms with van der Waals surface area (Å²) in [5, 5.41) is 17.4. The fourth-order valence-corrected chi connectivity index (χ4v) is 2.35. The van der Waals surface area contributed by atoms with Crippen molar-refractivity contribution in [2.24, 2.45) is 5.73 Å². The van der Waals surface area contributed by atoms with Gasteiger partial charge in [-0.05, 0) is 38.5 Å². The number of nitrogens with two attached hydrogens (primary N) is 1. The quantitative estimate of drug-likeness (QED) is 0.445. The molecule has 0 amide bonds. The molecule has 1 heterocycles. The second-order valence-corrected chi connectivity index (χ2v) is 5.33. The van der Waals surface area contributed by atoms with E-state index in [1.165, 1.54) is 0 Å². The van der Waals surface area contributed by atoms with Gasteiger partial charge in [-0.15, -0.1) is 0 Å². The number of likely N-dealkylation sites (tertiary alicyclic amines) is 1. The Labute approximate surface area is 109 Å². The van der Waals surface area contributed by atoms with Crippen molar-refractivity contribution in [1.82, 2.24) is 4.90 Å². The summed E-state index contributed by atoms with van der Waals surface area (Å²) < 4.78 is 12.9. The molecule has 0 radical (unpaired) electrons. The molecule has 1 fully saturated rings. The van der Waals surface area contributed by atoms with E-state index < -0.39 is 13.3 Å². The van der Waals surface area contributed by atoms with Gasteiger partial charge in [-0.2, -0.15) is 0 Å². The van der Waals surface area contributed by atoms with Crippen LogP contribution in [0.4, 0.5) is 4.39 Å². The summed E-state index contributed by atoms with van der Waals surface area (Å²) in [5.74, 6) is 0. The molecule has 106 valence electrons. The number of nitrogens with zero attached hydrogens (tertiary/aromatic N) is 1. The number of unbranched alkanes of at least 4 members (excludes halogenated alkanes) is 1.